The third-order valence-electron chi connectivity index (χ3n) is 2.03. The Bertz CT molecular complexity index is 346. The monoisotopic (exact) mass is 239 g/mol. The molecule has 0 unspecified atom stereocenters. The van der Waals surface area contributed by atoms with Crippen LogP contribution in [-0.2, 0) is 16.1 Å². The van der Waals surface area contributed by atoms with Crippen LogP contribution in [0.3, 0.4) is 0 Å². The normalized spacial score (nSPS) is 10.4. The first-order valence-electron chi connectivity index (χ1n) is 5.19. The largest absolute Gasteiger partial charge is 0.463 e. The Kier molecular flexibility index (Phi) is 5.22. The lowest BCUT2D eigenvalue weighted by Crippen LogP contribution is -2.23. The van der Waals surface area contributed by atoms with E-state index in [-0.39, 0.29) is 5.97 Å². The maximum atomic E-state index is 11.3. The van der Waals surface area contributed by atoms with Crippen LogP contribution in [0, 0.1) is 0 Å². The minimum absolute atomic E-state index is 0.305. The molecule has 3 nitrogen and oxygen atoms in total. The summed E-state index contributed by atoms with van der Waals surface area (Å²) in [5.74, 6) is -0.305. The van der Waals surface area contributed by atoms with Crippen molar-refractivity contribution in [3.63, 3.8) is 0 Å². The average Bonchev–Trinajstić information content (AvgIpc) is 2.70. The van der Waals surface area contributed by atoms with Crippen molar-refractivity contribution < 1.29 is 9.53 Å². The lowest BCUT2D eigenvalue weighted by Gasteiger charge is -2.16. The zero-order valence-corrected chi connectivity index (χ0v) is 10.5. The Morgan fingerprint density at radius 1 is 1.62 bits per heavy atom. The molecule has 1 aromatic heterocycles. The Morgan fingerprint density at radius 3 is 2.94 bits per heavy atom. The van der Waals surface area contributed by atoms with E-state index in [0.29, 0.717) is 18.7 Å². The molecule has 0 saturated heterocycles. The van der Waals surface area contributed by atoms with E-state index in [0.717, 1.165) is 6.54 Å². The molecule has 16 heavy (non-hydrogen) atoms. The van der Waals surface area contributed by atoms with Crippen molar-refractivity contribution in [3.05, 3.63) is 34.5 Å². The van der Waals surface area contributed by atoms with Gasteiger partial charge in [0.1, 0.15) is 0 Å². The van der Waals surface area contributed by atoms with Crippen molar-refractivity contribution in [2.75, 3.05) is 20.2 Å². The molecule has 0 amide bonds. The van der Waals surface area contributed by atoms with Crippen LogP contribution in [0.2, 0.25) is 0 Å². The standard InChI is InChI=1S/C12H17NO2S/c1-4-15-12(14)10(2)8-13(3)9-11-6-5-7-16-11/h5-7H,2,4,8-9H2,1,3H3. The topological polar surface area (TPSA) is 29.5 Å². The van der Waals surface area contributed by atoms with Gasteiger partial charge in [0.05, 0.1) is 6.61 Å². The number of carbonyl (C=O) groups is 1. The number of esters is 1. The average molecular weight is 239 g/mol. The van der Waals surface area contributed by atoms with Gasteiger partial charge >= 0.3 is 5.97 Å². The molecular weight excluding hydrogens is 222 g/mol. The lowest BCUT2D eigenvalue weighted by atomic mass is 10.3. The molecule has 0 radical (unpaired) electrons. The summed E-state index contributed by atoms with van der Waals surface area (Å²) < 4.78 is 4.88. The summed E-state index contributed by atoms with van der Waals surface area (Å²) in [5, 5.41) is 2.04. The van der Waals surface area contributed by atoms with Gasteiger partial charge in [-0.25, -0.2) is 4.79 Å². The van der Waals surface area contributed by atoms with Crippen LogP contribution in [0.25, 0.3) is 0 Å². The molecule has 0 saturated carbocycles. The Hall–Kier alpha value is -1.13. The first-order valence-corrected chi connectivity index (χ1v) is 6.07. The lowest BCUT2D eigenvalue weighted by molar-refractivity contribution is -0.138. The summed E-state index contributed by atoms with van der Waals surface area (Å²) in [6, 6.07) is 4.10. The Balaban J connectivity index is 2.36. The van der Waals surface area contributed by atoms with Crippen LogP contribution >= 0.6 is 11.3 Å². The van der Waals surface area contributed by atoms with Gasteiger partial charge in [-0.3, -0.25) is 4.90 Å². The molecule has 1 aromatic rings. The minimum Gasteiger partial charge on any atom is -0.463 e. The van der Waals surface area contributed by atoms with Gasteiger partial charge < -0.3 is 4.74 Å². The van der Waals surface area contributed by atoms with Crippen LogP contribution in [0.5, 0.6) is 0 Å². The van der Waals surface area contributed by atoms with Crippen LogP contribution in [-0.4, -0.2) is 31.1 Å². The molecule has 1 heterocycles. The molecule has 0 fully saturated rings. The molecular formula is C12H17NO2S. The van der Waals surface area contributed by atoms with Crippen LogP contribution in [0.4, 0.5) is 0 Å². The van der Waals surface area contributed by atoms with E-state index in [9.17, 15) is 4.79 Å². The third-order valence-corrected chi connectivity index (χ3v) is 2.89. The fraction of sp³-hybridized carbons (Fsp3) is 0.417. The van der Waals surface area contributed by atoms with E-state index in [1.807, 2.05) is 23.4 Å². The number of ether oxygens (including phenoxy) is 1. The number of likely N-dealkylation sites (N-methyl/N-ethyl adjacent to an activating group) is 1. The van der Waals surface area contributed by atoms with Crippen molar-refractivity contribution in [2.24, 2.45) is 0 Å². The molecule has 4 heteroatoms. The number of nitrogens with zero attached hydrogens (tertiary/aromatic N) is 1. The number of hydrogen-bond acceptors (Lipinski definition) is 4. The summed E-state index contributed by atoms with van der Waals surface area (Å²) in [4.78, 5) is 14.7. The van der Waals surface area contributed by atoms with E-state index in [2.05, 4.69) is 12.6 Å². The SMILES string of the molecule is C=C(CN(C)Cc1cccs1)C(=O)OCC. The molecule has 0 spiro atoms. The van der Waals surface area contributed by atoms with Crippen molar-refractivity contribution in [1.82, 2.24) is 4.90 Å². The van der Waals surface area contributed by atoms with E-state index in [1.165, 1.54) is 4.88 Å². The number of thiophene rings is 1. The highest BCUT2D eigenvalue weighted by molar-refractivity contribution is 7.09. The zero-order chi connectivity index (χ0) is 12.0. The fourth-order valence-corrected chi connectivity index (χ4v) is 2.13. The molecule has 1 rings (SSSR count). The van der Waals surface area contributed by atoms with Gasteiger partial charge in [0, 0.05) is 23.5 Å². The quantitative estimate of drug-likeness (QED) is 0.563. The van der Waals surface area contributed by atoms with E-state index in [4.69, 9.17) is 4.74 Å². The minimum atomic E-state index is -0.305. The number of rotatable bonds is 6. The summed E-state index contributed by atoms with van der Waals surface area (Å²) in [5.41, 5.74) is 0.501. The predicted molar refractivity (Wildman–Crippen MR) is 66.4 cm³/mol. The summed E-state index contributed by atoms with van der Waals surface area (Å²) in [6.07, 6.45) is 0. The second-order valence-corrected chi connectivity index (χ2v) is 4.61. The smallest absolute Gasteiger partial charge is 0.334 e. The van der Waals surface area contributed by atoms with Crippen molar-refractivity contribution >= 4 is 17.3 Å². The third kappa shape index (κ3) is 4.16. The number of hydrogen-bond donors (Lipinski definition) is 0. The van der Waals surface area contributed by atoms with Crippen molar-refractivity contribution in [2.45, 2.75) is 13.5 Å². The number of carbonyl (C=O) groups excluding carboxylic acids is 1. The van der Waals surface area contributed by atoms with Gasteiger partial charge in [-0.05, 0) is 25.4 Å². The molecule has 0 atom stereocenters. The van der Waals surface area contributed by atoms with Crippen LogP contribution in [0.15, 0.2) is 29.7 Å². The summed E-state index contributed by atoms with van der Waals surface area (Å²) >= 11 is 1.71. The van der Waals surface area contributed by atoms with E-state index < -0.39 is 0 Å². The van der Waals surface area contributed by atoms with Gasteiger partial charge in [-0.15, -0.1) is 11.3 Å². The highest BCUT2D eigenvalue weighted by Gasteiger charge is 2.10. The van der Waals surface area contributed by atoms with Crippen molar-refractivity contribution in [3.8, 4) is 0 Å². The predicted octanol–water partition coefficient (Wildman–Crippen LogP) is 2.30. The van der Waals surface area contributed by atoms with Gasteiger partial charge in [0.15, 0.2) is 0 Å². The highest BCUT2D eigenvalue weighted by atomic mass is 32.1. The molecule has 0 bridgehead atoms. The molecule has 0 aromatic carbocycles. The fourth-order valence-electron chi connectivity index (χ4n) is 1.35. The van der Waals surface area contributed by atoms with Crippen LogP contribution < -0.4 is 0 Å². The van der Waals surface area contributed by atoms with Gasteiger partial charge in [0.2, 0.25) is 0 Å². The maximum Gasteiger partial charge on any atom is 0.334 e. The van der Waals surface area contributed by atoms with Gasteiger partial charge in [0.25, 0.3) is 0 Å². The maximum absolute atomic E-state index is 11.3. The first kappa shape index (κ1) is 12.9. The van der Waals surface area contributed by atoms with E-state index >= 15 is 0 Å². The summed E-state index contributed by atoms with van der Waals surface area (Å²) in [7, 11) is 1.96. The van der Waals surface area contributed by atoms with Gasteiger partial charge in [-0.1, -0.05) is 12.6 Å². The molecule has 0 aliphatic rings. The molecule has 0 aliphatic carbocycles. The summed E-state index contributed by atoms with van der Waals surface area (Å²) in [6.45, 7) is 7.29. The second-order valence-electron chi connectivity index (χ2n) is 3.58. The highest BCUT2D eigenvalue weighted by Crippen LogP contribution is 2.11. The first-order chi connectivity index (χ1) is 7.63. The Morgan fingerprint density at radius 2 is 2.38 bits per heavy atom. The van der Waals surface area contributed by atoms with Crippen LogP contribution in [0.1, 0.15) is 11.8 Å². The molecule has 88 valence electrons. The molecule has 0 N–H and O–H groups in total. The second kappa shape index (κ2) is 6.45. The van der Waals surface area contributed by atoms with Crippen molar-refractivity contribution in [1.29, 1.82) is 0 Å². The van der Waals surface area contributed by atoms with Gasteiger partial charge in [-0.2, -0.15) is 0 Å². The zero-order valence-electron chi connectivity index (χ0n) is 9.73. The van der Waals surface area contributed by atoms with E-state index in [1.54, 1.807) is 18.3 Å². The molecule has 0 aliphatic heterocycles. The Labute approximate surface area is 100 Å².